The van der Waals surface area contributed by atoms with Crippen LogP contribution in [0.1, 0.15) is 22.3 Å². The molecule has 0 fully saturated rings. The van der Waals surface area contributed by atoms with Crippen molar-refractivity contribution < 1.29 is 5.11 Å². The first-order chi connectivity index (χ1) is 6.49. The Morgan fingerprint density at radius 3 is 1.86 bits per heavy atom. The Morgan fingerprint density at radius 1 is 1.07 bits per heavy atom. The van der Waals surface area contributed by atoms with Crippen molar-refractivity contribution in [2.45, 2.75) is 27.7 Å². The van der Waals surface area contributed by atoms with E-state index in [0.717, 1.165) is 5.69 Å². The third kappa shape index (κ3) is 1.75. The first-order valence-corrected chi connectivity index (χ1v) is 4.88. The molecule has 0 bridgehead atoms. The van der Waals surface area contributed by atoms with Crippen LogP contribution in [0.4, 0.5) is 5.69 Å². The van der Waals surface area contributed by atoms with E-state index in [1.54, 1.807) is 0 Å². The van der Waals surface area contributed by atoms with E-state index >= 15 is 0 Å². The van der Waals surface area contributed by atoms with Crippen molar-refractivity contribution >= 4 is 5.69 Å². The Labute approximate surface area is 86.2 Å². The molecule has 1 aromatic carbocycles. The van der Waals surface area contributed by atoms with Gasteiger partial charge in [-0.25, -0.2) is 0 Å². The summed E-state index contributed by atoms with van der Waals surface area (Å²) < 4.78 is 0. The van der Waals surface area contributed by atoms with Crippen LogP contribution >= 0.6 is 0 Å². The van der Waals surface area contributed by atoms with Gasteiger partial charge in [-0.05, 0) is 49.9 Å². The van der Waals surface area contributed by atoms with Gasteiger partial charge in [0, 0.05) is 12.7 Å². The average Bonchev–Trinajstić information content (AvgIpc) is 2.15. The van der Waals surface area contributed by atoms with Crippen molar-refractivity contribution in [2.24, 2.45) is 0 Å². The highest BCUT2D eigenvalue weighted by Crippen LogP contribution is 2.28. The number of nitrogens with zero attached hydrogens (tertiary/aromatic N) is 1. The molecule has 0 aromatic heterocycles. The first-order valence-electron chi connectivity index (χ1n) is 4.88. The molecular weight excluding hydrogens is 174 g/mol. The molecule has 14 heavy (non-hydrogen) atoms. The molecule has 0 unspecified atom stereocenters. The average molecular weight is 193 g/mol. The van der Waals surface area contributed by atoms with Gasteiger partial charge in [0.1, 0.15) is 6.73 Å². The minimum absolute atomic E-state index is 0.0601. The van der Waals surface area contributed by atoms with Crippen molar-refractivity contribution in [2.75, 3.05) is 18.7 Å². The van der Waals surface area contributed by atoms with Gasteiger partial charge in [0.25, 0.3) is 0 Å². The van der Waals surface area contributed by atoms with Crippen molar-refractivity contribution in [1.29, 1.82) is 0 Å². The van der Waals surface area contributed by atoms with Gasteiger partial charge >= 0.3 is 0 Å². The Bertz CT molecular complexity index is 318. The molecule has 2 heteroatoms. The molecule has 0 atom stereocenters. The van der Waals surface area contributed by atoms with Gasteiger partial charge < -0.3 is 10.0 Å². The zero-order valence-corrected chi connectivity index (χ0v) is 9.68. The number of anilines is 1. The summed E-state index contributed by atoms with van der Waals surface area (Å²) in [7, 11) is 1.91. The molecule has 1 N–H and O–H groups in total. The van der Waals surface area contributed by atoms with E-state index in [9.17, 15) is 0 Å². The first kappa shape index (κ1) is 11.1. The molecule has 2 nitrogen and oxygen atoms in total. The third-order valence-corrected chi connectivity index (χ3v) is 2.92. The van der Waals surface area contributed by atoms with Crippen molar-refractivity contribution in [1.82, 2.24) is 0 Å². The van der Waals surface area contributed by atoms with Crippen LogP contribution in [0.3, 0.4) is 0 Å². The molecule has 78 valence electrons. The molecule has 1 aromatic rings. The summed E-state index contributed by atoms with van der Waals surface area (Å²) in [6.07, 6.45) is 0. The lowest BCUT2D eigenvalue weighted by Gasteiger charge is -2.23. The van der Waals surface area contributed by atoms with Gasteiger partial charge in [0.15, 0.2) is 0 Å². The zero-order chi connectivity index (χ0) is 10.9. The minimum atomic E-state index is 0.0601. The van der Waals surface area contributed by atoms with Gasteiger partial charge in [0.05, 0.1) is 0 Å². The number of rotatable bonds is 2. The lowest BCUT2D eigenvalue weighted by molar-refractivity contribution is 0.298. The van der Waals surface area contributed by atoms with E-state index in [-0.39, 0.29) is 6.73 Å². The number of hydrogen-bond acceptors (Lipinski definition) is 2. The maximum atomic E-state index is 9.14. The highest BCUT2D eigenvalue weighted by molar-refractivity contribution is 5.63. The highest BCUT2D eigenvalue weighted by Gasteiger charge is 2.11. The van der Waals surface area contributed by atoms with Crippen LogP contribution in [0, 0.1) is 27.7 Å². The predicted molar refractivity (Wildman–Crippen MR) is 60.9 cm³/mol. The molecule has 0 radical (unpaired) electrons. The van der Waals surface area contributed by atoms with Gasteiger partial charge in [-0.15, -0.1) is 0 Å². The van der Waals surface area contributed by atoms with E-state index in [4.69, 9.17) is 5.11 Å². The van der Waals surface area contributed by atoms with E-state index in [1.807, 2.05) is 11.9 Å². The summed E-state index contributed by atoms with van der Waals surface area (Å²) in [5, 5.41) is 9.14. The maximum Gasteiger partial charge on any atom is 0.115 e. The molecule has 0 aliphatic carbocycles. The normalized spacial score (nSPS) is 10.4. The summed E-state index contributed by atoms with van der Waals surface area (Å²) in [5.74, 6) is 0. The van der Waals surface area contributed by atoms with Gasteiger partial charge in [0.2, 0.25) is 0 Å². The van der Waals surface area contributed by atoms with E-state index in [0.29, 0.717) is 0 Å². The number of aryl methyl sites for hydroxylation is 2. The van der Waals surface area contributed by atoms with Crippen LogP contribution < -0.4 is 4.90 Å². The molecule has 0 aliphatic rings. The summed E-state index contributed by atoms with van der Waals surface area (Å²) >= 11 is 0. The summed E-state index contributed by atoms with van der Waals surface area (Å²) in [6, 6.07) is 2.19. The molecule has 0 saturated heterocycles. The fraction of sp³-hybridized carbons (Fsp3) is 0.500. The van der Waals surface area contributed by atoms with Gasteiger partial charge in [-0.3, -0.25) is 0 Å². The lowest BCUT2D eigenvalue weighted by atomic mass is 9.98. The molecule has 0 amide bonds. The third-order valence-electron chi connectivity index (χ3n) is 2.92. The highest BCUT2D eigenvalue weighted by atomic mass is 16.3. The number of benzene rings is 1. The second-order valence-electron chi connectivity index (χ2n) is 3.95. The molecule has 0 spiro atoms. The lowest BCUT2D eigenvalue weighted by Crippen LogP contribution is -2.20. The van der Waals surface area contributed by atoms with Crippen LogP contribution in [0.15, 0.2) is 6.07 Å². The predicted octanol–water partition coefficient (Wildman–Crippen LogP) is 2.31. The SMILES string of the molecule is Cc1cc(C)c(C)c(N(C)CO)c1C. The largest absolute Gasteiger partial charge is 0.376 e. The maximum absolute atomic E-state index is 9.14. The summed E-state index contributed by atoms with van der Waals surface area (Å²) in [6.45, 7) is 8.48. The fourth-order valence-corrected chi connectivity index (χ4v) is 1.84. The van der Waals surface area contributed by atoms with E-state index in [1.165, 1.54) is 22.3 Å². The monoisotopic (exact) mass is 193 g/mol. The number of aliphatic hydroxyl groups excluding tert-OH is 1. The van der Waals surface area contributed by atoms with Gasteiger partial charge in [-0.2, -0.15) is 0 Å². The van der Waals surface area contributed by atoms with Crippen LogP contribution in [0.25, 0.3) is 0 Å². The Hall–Kier alpha value is -1.02. The fourth-order valence-electron chi connectivity index (χ4n) is 1.84. The quantitative estimate of drug-likeness (QED) is 0.728. The Kier molecular flexibility index (Phi) is 3.17. The second kappa shape index (κ2) is 4.01. The van der Waals surface area contributed by atoms with Crippen LogP contribution in [-0.2, 0) is 0 Å². The number of hydrogen-bond donors (Lipinski definition) is 1. The molecule has 0 heterocycles. The molecular formula is C12H19NO. The molecule has 0 saturated carbocycles. The molecule has 1 rings (SSSR count). The van der Waals surface area contributed by atoms with Crippen LogP contribution in [0.5, 0.6) is 0 Å². The standard InChI is InChI=1S/C12H19NO/c1-8-6-9(2)11(4)12(10(8)3)13(5)7-14/h6,14H,7H2,1-5H3. The Morgan fingerprint density at radius 2 is 1.50 bits per heavy atom. The second-order valence-corrected chi connectivity index (χ2v) is 3.95. The van der Waals surface area contributed by atoms with Crippen molar-refractivity contribution in [3.63, 3.8) is 0 Å². The van der Waals surface area contributed by atoms with Crippen LogP contribution in [-0.4, -0.2) is 18.9 Å². The van der Waals surface area contributed by atoms with Crippen molar-refractivity contribution in [3.05, 3.63) is 28.3 Å². The van der Waals surface area contributed by atoms with Gasteiger partial charge in [-0.1, -0.05) is 6.07 Å². The van der Waals surface area contributed by atoms with Crippen LogP contribution in [0.2, 0.25) is 0 Å². The minimum Gasteiger partial charge on any atom is -0.376 e. The summed E-state index contributed by atoms with van der Waals surface area (Å²) in [4.78, 5) is 1.88. The summed E-state index contributed by atoms with van der Waals surface area (Å²) in [5.41, 5.74) is 6.23. The zero-order valence-electron chi connectivity index (χ0n) is 9.68. The smallest absolute Gasteiger partial charge is 0.115 e. The van der Waals surface area contributed by atoms with E-state index in [2.05, 4.69) is 33.8 Å². The van der Waals surface area contributed by atoms with Crippen molar-refractivity contribution in [3.8, 4) is 0 Å². The molecule has 0 aliphatic heterocycles. The van der Waals surface area contributed by atoms with E-state index < -0.39 is 0 Å². The Balaban J connectivity index is 3.39. The number of aliphatic hydroxyl groups is 1. The topological polar surface area (TPSA) is 23.5 Å².